The largest absolute Gasteiger partial charge is 0.495 e. The summed E-state index contributed by atoms with van der Waals surface area (Å²) in [4.78, 5) is 29.4. The highest BCUT2D eigenvalue weighted by molar-refractivity contribution is 9.11. The van der Waals surface area contributed by atoms with E-state index in [4.69, 9.17) is 16.3 Å². The Hall–Kier alpha value is -1.77. The van der Waals surface area contributed by atoms with Gasteiger partial charge in [-0.3, -0.25) is 9.59 Å². The van der Waals surface area contributed by atoms with Crippen molar-refractivity contribution in [3.8, 4) is 5.75 Å². The lowest BCUT2D eigenvalue weighted by molar-refractivity contribution is -0.139. The molecule has 0 aromatic heterocycles. The molecule has 1 fully saturated rings. The van der Waals surface area contributed by atoms with Crippen LogP contribution in [0.5, 0.6) is 5.75 Å². The summed E-state index contributed by atoms with van der Waals surface area (Å²) < 4.78 is 6.80. The van der Waals surface area contributed by atoms with Gasteiger partial charge in [-0.2, -0.15) is 0 Å². The van der Waals surface area contributed by atoms with Crippen molar-refractivity contribution >= 4 is 66.6 Å². The number of hydrogen-bond donors (Lipinski definition) is 1. The Labute approximate surface area is 210 Å². The van der Waals surface area contributed by atoms with Gasteiger partial charge >= 0.3 is 0 Å². The monoisotopic (exact) mass is 585 g/mol. The van der Waals surface area contributed by atoms with Crippen LogP contribution < -0.4 is 15.0 Å². The van der Waals surface area contributed by atoms with Crippen LogP contribution in [0, 0.1) is 5.41 Å². The van der Waals surface area contributed by atoms with Gasteiger partial charge in [-0.05, 0) is 46.3 Å². The molecule has 1 N–H and O–H groups in total. The number of halogens is 3. The zero-order valence-electron chi connectivity index (χ0n) is 18.5. The maximum Gasteiger partial charge on any atom is 0.259 e. The van der Waals surface area contributed by atoms with E-state index in [0.29, 0.717) is 52.7 Å². The van der Waals surface area contributed by atoms with Crippen molar-refractivity contribution in [2.45, 2.75) is 20.8 Å². The minimum absolute atomic E-state index is 0.163. The fraction of sp³-hybridized carbons (Fsp3) is 0.391. The standard InChI is InChI=1S/C23H26Br2ClN3O3/c1-23(2,3)22(31)29-9-7-28(8-10-29)19-6-5-15(13-18(19)26)27-21(30)16-11-14(24)12-17(25)20(16)32-4/h5-6,11-13H,7-10H2,1-4H3,(H,27,30). The first-order valence-corrected chi connectivity index (χ1v) is 12.2. The lowest BCUT2D eigenvalue weighted by Crippen LogP contribution is -2.51. The van der Waals surface area contributed by atoms with Crippen molar-refractivity contribution in [3.05, 3.63) is 49.9 Å². The number of carbonyl (C=O) groups excluding carboxylic acids is 2. The lowest BCUT2D eigenvalue weighted by atomic mass is 9.94. The summed E-state index contributed by atoms with van der Waals surface area (Å²) in [6, 6.07) is 8.98. The number of carbonyl (C=O) groups is 2. The maximum atomic E-state index is 12.9. The number of piperazine rings is 1. The van der Waals surface area contributed by atoms with Gasteiger partial charge in [0, 0.05) is 41.8 Å². The fourth-order valence-corrected chi connectivity index (χ4v) is 5.29. The minimum atomic E-state index is -0.383. The number of nitrogens with one attached hydrogen (secondary N) is 1. The van der Waals surface area contributed by atoms with E-state index in [1.807, 2.05) is 43.9 Å². The number of anilines is 2. The van der Waals surface area contributed by atoms with Gasteiger partial charge in [0.15, 0.2) is 0 Å². The van der Waals surface area contributed by atoms with Crippen molar-refractivity contribution in [1.82, 2.24) is 4.90 Å². The molecule has 2 aromatic carbocycles. The first-order chi connectivity index (χ1) is 15.0. The SMILES string of the molecule is COc1c(Br)cc(Br)cc1C(=O)Nc1ccc(N2CCN(C(=O)C(C)(C)C)CC2)c(Cl)c1. The summed E-state index contributed by atoms with van der Waals surface area (Å²) in [6.07, 6.45) is 0. The molecular formula is C23H26Br2ClN3O3. The van der Waals surface area contributed by atoms with E-state index in [1.54, 1.807) is 12.1 Å². The summed E-state index contributed by atoms with van der Waals surface area (Å²) in [7, 11) is 1.52. The van der Waals surface area contributed by atoms with Gasteiger partial charge in [-0.15, -0.1) is 0 Å². The lowest BCUT2D eigenvalue weighted by Gasteiger charge is -2.39. The number of benzene rings is 2. The van der Waals surface area contributed by atoms with Crippen LogP contribution in [-0.2, 0) is 4.79 Å². The van der Waals surface area contributed by atoms with E-state index in [2.05, 4.69) is 42.1 Å². The van der Waals surface area contributed by atoms with Crippen molar-refractivity contribution in [3.63, 3.8) is 0 Å². The molecule has 2 amide bonds. The van der Waals surface area contributed by atoms with Gasteiger partial charge in [0.25, 0.3) is 5.91 Å². The number of amides is 2. The van der Waals surface area contributed by atoms with E-state index in [1.165, 1.54) is 7.11 Å². The maximum absolute atomic E-state index is 12.9. The molecule has 3 rings (SSSR count). The van der Waals surface area contributed by atoms with Crippen LogP contribution in [0.15, 0.2) is 39.3 Å². The van der Waals surface area contributed by atoms with Crippen molar-refractivity contribution in [2.24, 2.45) is 5.41 Å². The highest BCUT2D eigenvalue weighted by Gasteiger charge is 2.30. The smallest absolute Gasteiger partial charge is 0.259 e. The van der Waals surface area contributed by atoms with Gasteiger partial charge in [-0.25, -0.2) is 0 Å². The molecule has 9 heteroatoms. The number of ether oxygens (including phenoxy) is 1. The second-order valence-corrected chi connectivity index (χ2v) is 10.8. The molecule has 0 atom stereocenters. The normalized spacial score (nSPS) is 14.3. The number of rotatable bonds is 4. The van der Waals surface area contributed by atoms with Crippen molar-refractivity contribution < 1.29 is 14.3 Å². The summed E-state index contributed by atoms with van der Waals surface area (Å²) in [5.74, 6) is 0.314. The summed E-state index contributed by atoms with van der Waals surface area (Å²) in [5, 5.41) is 3.42. The second-order valence-electron chi connectivity index (χ2n) is 8.62. The zero-order chi connectivity index (χ0) is 23.6. The second kappa shape index (κ2) is 10.0. The molecule has 1 heterocycles. The van der Waals surface area contributed by atoms with Gasteiger partial charge in [-0.1, -0.05) is 48.3 Å². The molecule has 6 nitrogen and oxygen atoms in total. The third-order valence-corrected chi connectivity index (χ3v) is 6.56. The van der Waals surface area contributed by atoms with E-state index >= 15 is 0 Å². The summed E-state index contributed by atoms with van der Waals surface area (Å²) in [6.45, 7) is 8.54. The van der Waals surface area contributed by atoms with Gasteiger partial charge in [0.2, 0.25) is 5.91 Å². The Morgan fingerprint density at radius 3 is 2.28 bits per heavy atom. The van der Waals surface area contributed by atoms with Crippen LogP contribution in [0.3, 0.4) is 0 Å². The molecule has 1 aliphatic heterocycles. The van der Waals surface area contributed by atoms with Crippen molar-refractivity contribution in [1.29, 1.82) is 0 Å². The molecule has 2 aromatic rings. The average molecular weight is 588 g/mol. The summed E-state index contributed by atoms with van der Waals surface area (Å²) >= 11 is 13.4. The molecule has 0 saturated carbocycles. The van der Waals surface area contributed by atoms with Gasteiger partial charge in [0.1, 0.15) is 5.75 Å². The molecule has 0 bridgehead atoms. The molecule has 172 valence electrons. The highest BCUT2D eigenvalue weighted by atomic mass is 79.9. The number of nitrogens with zero attached hydrogens (tertiary/aromatic N) is 2. The predicted octanol–water partition coefficient (Wildman–Crippen LogP) is 5.82. The van der Waals surface area contributed by atoms with E-state index in [0.717, 1.165) is 10.2 Å². The summed E-state index contributed by atoms with van der Waals surface area (Å²) in [5.41, 5.74) is 1.49. The molecule has 32 heavy (non-hydrogen) atoms. The quantitative estimate of drug-likeness (QED) is 0.490. The number of hydrogen-bond acceptors (Lipinski definition) is 4. The minimum Gasteiger partial charge on any atom is -0.495 e. The highest BCUT2D eigenvalue weighted by Crippen LogP contribution is 2.34. The van der Waals surface area contributed by atoms with Crippen LogP contribution in [-0.4, -0.2) is 50.0 Å². The Morgan fingerprint density at radius 2 is 1.72 bits per heavy atom. The molecule has 1 saturated heterocycles. The van der Waals surface area contributed by atoms with E-state index in [9.17, 15) is 9.59 Å². The molecule has 0 aliphatic carbocycles. The van der Waals surface area contributed by atoms with Crippen LogP contribution in [0.1, 0.15) is 31.1 Å². The van der Waals surface area contributed by atoms with Crippen LogP contribution in [0.25, 0.3) is 0 Å². The van der Waals surface area contributed by atoms with Crippen LogP contribution in [0.2, 0.25) is 5.02 Å². The third-order valence-electron chi connectivity index (χ3n) is 5.21. The molecule has 0 radical (unpaired) electrons. The van der Waals surface area contributed by atoms with Crippen LogP contribution in [0.4, 0.5) is 11.4 Å². The third kappa shape index (κ3) is 5.58. The average Bonchev–Trinajstić information content (AvgIpc) is 2.72. The predicted molar refractivity (Wildman–Crippen MR) is 136 cm³/mol. The first-order valence-electron chi connectivity index (χ1n) is 10.2. The van der Waals surface area contributed by atoms with E-state index < -0.39 is 0 Å². The van der Waals surface area contributed by atoms with Crippen LogP contribution >= 0.6 is 43.5 Å². The Morgan fingerprint density at radius 1 is 1.06 bits per heavy atom. The molecular weight excluding hydrogens is 562 g/mol. The van der Waals surface area contributed by atoms with Gasteiger partial charge < -0.3 is 19.9 Å². The Kier molecular flexibility index (Phi) is 7.78. The molecule has 0 unspecified atom stereocenters. The zero-order valence-corrected chi connectivity index (χ0v) is 22.4. The van der Waals surface area contributed by atoms with Crippen molar-refractivity contribution in [2.75, 3.05) is 43.5 Å². The molecule has 1 aliphatic rings. The fourth-order valence-electron chi connectivity index (χ4n) is 3.60. The Bertz CT molecular complexity index is 1030. The van der Waals surface area contributed by atoms with Gasteiger partial charge in [0.05, 0.1) is 27.9 Å². The molecule has 0 spiro atoms. The van der Waals surface area contributed by atoms with E-state index in [-0.39, 0.29) is 17.2 Å². The topological polar surface area (TPSA) is 61.9 Å². The number of methoxy groups -OCH3 is 1. The Balaban J connectivity index is 1.70. The first kappa shape index (κ1) is 24.9.